The predicted molar refractivity (Wildman–Crippen MR) is 254 cm³/mol. The first-order chi connectivity index (χ1) is 30.2. The van der Waals surface area contributed by atoms with Gasteiger partial charge in [0.2, 0.25) is 0 Å². The standard InChI is InChI=1S/C55H32N4OS/c1-2-13-33(14-3-1)53-56-54(36-25-27-40-39-18-8-11-24-50(39)61-51(40)31-36)58-55(57-53)42-28-26-37(32-44(42)41-20-12-23-49-52(41)43-19-7-10-22-48(43)60-49)59-46-21-9-6-17-38(46)45-29-34-15-4-5-16-35(34)30-47(45)59/h1-32H. The Balaban J connectivity index is 1.10. The summed E-state index contributed by atoms with van der Waals surface area (Å²) in [6.07, 6.45) is 0. The Morgan fingerprint density at radius 1 is 0.377 bits per heavy atom. The summed E-state index contributed by atoms with van der Waals surface area (Å²) in [5.41, 5.74) is 9.82. The molecule has 0 fully saturated rings. The minimum Gasteiger partial charge on any atom is -0.456 e. The highest BCUT2D eigenvalue weighted by Gasteiger charge is 2.22. The van der Waals surface area contributed by atoms with Crippen molar-refractivity contribution in [3.05, 3.63) is 194 Å². The smallest absolute Gasteiger partial charge is 0.164 e. The summed E-state index contributed by atoms with van der Waals surface area (Å²) < 4.78 is 11.3. The molecule has 0 aliphatic rings. The molecule has 0 amide bonds. The molecule has 0 spiro atoms. The average molecular weight is 797 g/mol. The number of hydrogen-bond acceptors (Lipinski definition) is 5. The SMILES string of the molecule is c1ccc(-c2nc(-c3ccc4c(c3)sc3ccccc34)nc(-c3ccc(-n4c5ccccc5c5cc6ccccc6cc54)cc3-c3cccc4oc5ccccc5c34)n2)cc1. The van der Waals surface area contributed by atoms with Crippen molar-refractivity contribution in [2.45, 2.75) is 0 Å². The van der Waals surface area contributed by atoms with Gasteiger partial charge in [0.25, 0.3) is 0 Å². The zero-order valence-corrected chi connectivity index (χ0v) is 33.4. The number of furan rings is 1. The largest absolute Gasteiger partial charge is 0.456 e. The van der Waals surface area contributed by atoms with Crippen molar-refractivity contribution in [3.8, 4) is 51.0 Å². The van der Waals surface area contributed by atoms with Gasteiger partial charge in [0, 0.05) is 64.1 Å². The maximum Gasteiger partial charge on any atom is 0.164 e. The zero-order chi connectivity index (χ0) is 40.0. The normalized spacial score (nSPS) is 11.9. The number of nitrogens with zero attached hydrogens (tertiary/aromatic N) is 4. The van der Waals surface area contributed by atoms with Gasteiger partial charge >= 0.3 is 0 Å². The summed E-state index contributed by atoms with van der Waals surface area (Å²) in [6, 6.07) is 68.6. The Kier molecular flexibility index (Phi) is 7.41. The van der Waals surface area contributed by atoms with Gasteiger partial charge in [0.15, 0.2) is 17.5 Å². The Labute approximate surface area is 353 Å². The van der Waals surface area contributed by atoms with Crippen molar-refractivity contribution in [1.29, 1.82) is 0 Å². The lowest BCUT2D eigenvalue weighted by Gasteiger charge is -2.16. The molecule has 0 saturated carbocycles. The van der Waals surface area contributed by atoms with Crippen LogP contribution < -0.4 is 0 Å². The topological polar surface area (TPSA) is 56.7 Å². The summed E-state index contributed by atoms with van der Waals surface area (Å²) >= 11 is 1.79. The highest BCUT2D eigenvalue weighted by Crippen LogP contribution is 2.43. The summed E-state index contributed by atoms with van der Waals surface area (Å²) in [6.45, 7) is 0. The first-order valence-corrected chi connectivity index (χ1v) is 21.2. The Bertz CT molecular complexity index is 3900. The second-order valence-corrected chi connectivity index (χ2v) is 16.6. The summed E-state index contributed by atoms with van der Waals surface area (Å²) in [5.74, 6) is 1.84. The minimum absolute atomic E-state index is 0.597. The molecule has 13 rings (SSSR count). The fourth-order valence-corrected chi connectivity index (χ4v) is 10.4. The molecule has 0 bridgehead atoms. The molecule has 61 heavy (non-hydrogen) atoms. The predicted octanol–water partition coefficient (Wildman–Crippen LogP) is 15.1. The van der Waals surface area contributed by atoms with Crippen molar-refractivity contribution >= 4 is 86.0 Å². The molecule has 4 aromatic heterocycles. The van der Waals surface area contributed by atoms with Gasteiger partial charge in [-0.05, 0) is 82.6 Å². The molecule has 0 N–H and O–H groups in total. The quantitative estimate of drug-likeness (QED) is 0.174. The van der Waals surface area contributed by atoms with Crippen LogP contribution in [-0.4, -0.2) is 19.5 Å². The number of aromatic nitrogens is 4. The van der Waals surface area contributed by atoms with Crippen LogP contribution >= 0.6 is 11.3 Å². The summed E-state index contributed by atoms with van der Waals surface area (Å²) in [4.78, 5) is 15.8. The maximum atomic E-state index is 6.48. The van der Waals surface area contributed by atoms with E-state index in [2.05, 4.69) is 168 Å². The molecular weight excluding hydrogens is 765 g/mol. The summed E-state index contributed by atoms with van der Waals surface area (Å²) in [5, 5.41) is 9.46. The first kappa shape index (κ1) is 34.0. The molecule has 0 aliphatic heterocycles. The monoisotopic (exact) mass is 796 g/mol. The van der Waals surface area contributed by atoms with E-state index in [1.807, 2.05) is 30.3 Å². The van der Waals surface area contributed by atoms with Crippen LogP contribution in [-0.2, 0) is 0 Å². The van der Waals surface area contributed by atoms with Crippen LogP contribution in [0.1, 0.15) is 0 Å². The van der Waals surface area contributed by atoms with Gasteiger partial charge < -0.3 is 8.98 Å². The number of benzene rings is 9. The Hall–Kier alpha value is -7.93. The Morgan fingerprint density at radius 2 is 1.07 bits per heavy atom. The molecule has 284 valence electrons. The molecule has 5 nitrogen and oxygen atoms in total. The molecule has 0 aliphatic carbocycles. The highest BCUT2D eigenvalue weighted by atomic mass is 32.1. The first-order valence-electron chi connectivity index (χ1n) is 20.4. The van der Waals surface area contributed by atoms with Gasteiger partial charge in [-0.3, -0.25) is 0 Å². The van der Waals surface area contributed by atoms with Crippen molar-refractivity contribution in [2.24, 2.45) is 0 Å². The molecule has 0 unspecified atom stereocenters. The number of fused-ring (bicyclic) bond motifs is 10. The molecule has 13 aromatic rings. The molecular formula is C55H32N4OS. The third-order valence-corrected chi connectivity index (χ3v) is 13.2. The second kappa shape index (κ2) is 13.3. The van der Waals surface area contributed by atoms with Crippen LogP contribution in [0.25, 0.3) is 126 Å². The van der Waals surface area contributed by atoms with Gasteiger partial charge in [0.05, 0.1) is 11.0 Å². The van der Waals surface area contributed by atoms with Crippen molar-refractivity contribution in [2.75, 3.05) is 0 Å². The van der Waals surface area contributed by atoms with Crippen LogP contribution in [0.15, 0.2) is 199 Å². The number of rotatable bonds is 5. The molecule has 4 heterocycles. The lowest BCUT2D eigenvalue weighted by molar-refractivity contribution is 0.669. The van der Waals surface area contributed by atoms with Crippen LogP contribution in [0.4, 0.5) is 0 Å². The van der Waals surface area contributed by atoms with E-state index < -0.39 is 0 Å². The van der Waals surface area contributed by atoms with E-state index in [9.17, 15) is 0 Å². The van der Waals surface area contributed by atoms with Crippen molar-refractivity contribution in [3.63, 3.8) is 0 Å². The van der Waals surface area contributed by atoms with E-state index in [0.29, 0.717) is 17.5 Å². The van der Waals surface area contributed by atoms with Gasteiger partial charge in [-0.25, -0.2) is 15.0 Å². The van der Waals surface area contributed by atoms with E-state index in [0.717, 1.165) is 66.5 Å². The fraction of sp³-hybridized carbons (Fsp3) is 0. The number of thiophene rings is 1. The van der Waals surface area contributed by atoms with Crippen LogP contribution in [0.5, 0.6) is 0 Å². The van der Waals surface area contributed by atoms with Crippen LogP contribution in [0, 0.1) is 0 Å². The van der Waals surface area contributed by atoms with Crippen molar-refractivity contribution in [1.82, 2.24) is 19.5 Å². The van der Waals surface area contributed by atoms with Gasteiger partial charge in [-0.15, -0.1) is 11.3 Å². The van der Waals surface area contributed by atoms with E-state index in [4.69, 9.17) is 19.4 Å². The molecule has 9 aromatic carbocycles. The Morgan fingerprint density at radius 3 is 1.95 bits per heavy atom. The van der Waals surface area contributed by atoms with Gasteiger partial charge in [-0.1, -0.05) is 133 Å². The maximum absolute atomic E-state index is 6.48. The lowest BCUT2D eigenvalue weighted by Crippen LogP contribution is -2.02. The van der Waals surface area contributed by atoms with Gasteiger partial charge in [-0.2, -0.15) is 0 Å². The van der Waals surface area contributed by atoms with Crippen molar-refractivity contribution < 1.29 is 4.42 Å². The highest BCUT2D eigenvalue weighted by molar-refractivity contribution is 7.25. The minimum atomic E-state index is 0.597. The molecule has 0 saturated heterocycles. The third kappa shape index (κ3) is 5.36. The fourth-order valence-electron chi connectivity index (χ4n) is 9.23. The van der Waals surface area contributed by atoms with E-state index in [1.54, 1.807) is 11.3 Å². The van der Waals surface area contributed by atoms with Gasteiger partial charge in [0.1, 0.15) is 11.2 Å². The molecule has 6 heteroatoms. The molecule has 0 radical (unpaired) electrons. The average Bonchev–Trinajstić information content (AvgIpc) is 4.00. The number of para-hydroxylation sites is 2. The second-order valence-electron chi connectivity index (χ2n) is 15.6. The van der Waals surface area contributed by atoms with E-state index in [1.165, 1.54) is 41.7 Å². The van der Waals surface area contributed by atoms with E-state index in [-0.39, 0.29) is 0 Å². The third-order valence-electron chi connectivity index (χ3n) is 12.0. The summed E-state index contributed by atoms with van der Waals surface area (Å²) in [7, 11) is 0. The van der Waals surface area contributed by atoms with E-state index >= 15 is 0 Å². The number of hydrogen-bond donors (Lipinski definition) is 0. The van der Waals surface area contributed by atoms with Crippen LogP contribution in [0.2, 0.25) is 0 Å². The lowest BCUT2D eigenvalue weighted by atomic mass is 9.94. The van der Waals surface area contributed by atoms with Crippen LogP contribution in [0.3, 0.4) is 0 Å². The zero-order valence-electron chi connectivity index (χ0n) is 32.6. The molecule has 0 atom stereocenters.